The summed E-state index contributed by atoms with van der Waals surface area (Å²) < 4.78 is 0. The van der Waals surface area contributed by atoms with Crippen molar-refractivity contribution < 1.29 is 9.58 Å². The van der Waals surface area contributed by atoms with Crippen LogP contribution in [0.15, 0.2) is 65.8 Å². The zero-order chi connectivity index (χ0) is 16.2. The highest BCUT2D eigenvalue weighted by molar-refractivity contribution is 6.49. The molecule has 1 heterocycles. The quantitative estimate of drug-likeness (QED) is 0.692. The van der Waals surface area contributed by atoms with Crippen molar-refractivity contribution in [2.75, 3.05) is 7.05 Å². The molecule has 6 heteroatoms. The van der Waals surface area contributed by atoms with Crippen LogP contribution in [0.1, 0.15) is 15.9 Å². The molecule has 3 rings (SSSR count). The Balaban J connectivity index is 1.85. The maximum absolute atomic E-state index is 12.3. The molecule has 23 heavy (non-hydrogen) atoms. The maximum atomic E-state index is 12.3. The molecule has 0 aromatic heterocycles. The second-order valence-electron chi connectivity index (χ2n) is 5.12. The van der Waals surface area contributed by atoms with Gasteiger partial charge in [0.1, 0.15) is 0 Å². The minimum Gasteiger partial charge on any atom is -0.361 e. The van der Waals surface area contributed by atoms with Gasteiger partial charge in [0.2, 0.25) is 6.17 Å². The number of nitrogens with one attached hydrogen (secondary N) is 1. The third-order valence-corrected chi connectivity index (χ3v) is 3.59. The second kappa shape index (κ2) is 6.25. The number of rotatable bonds is 3. The van der Waals surface area contributed by atoms with E-state index in [-0.39, 0.29) is 5.91 Å². The van der Waals surface area contributed by atoms with E-state index in [0.29, 0.717) is 17.0 Å². The van der Waals surface area contributed by atoms with Crippen molar-refractivity contribution in [3.05, 3.63) is 77.3 Å². The molecule has 2 aromatic carbocycles. The lowest BCUT2D eigenvalue weighted by atomic mass is 10.0. The highest BCUT2D eigenvalue weighted by atomic mass is 16.2. The summed E-state index contributed by atoms with van der Waals surface area (Å²) in [7, 11) is 1.72. The summed E-state index contributed by atoms with van der Waals surface area (Å²) in [6, 6.07) is 18.3. The van der Waals surface area contributed by atoms with Crippen LogP contribution in [0.3, 0.4) is 0 Å². The topological polar surface area (TPSA) is 81.1 Å². The number of carbonyl (C=O) groups is 1. The van der Waals surface area contributed by atoms with Crippen molar-refractivity contribution in [2.45, 2.75) is 6.17 Å². The Morgan fingerprint density at radius 1 is 1.13 bits per heavy atom. The van der Waals surface area contributed by atoms with Gasteiger partial charge in [0, 0.05) is 18.2 Å². The Kier molecular flexibility index (Phi) is 3.99. The summed E-state index contributed by atoms with van der Waals surface area (Å²) in [5, 5.41) is 8.78. The van der Waals surface area contributed by atoms with Gasteiger partial charge in [0.25, 0.3) is 5.91 Å². The Morgan fingerprint density at radius 3 is 2.35 bits per heavy atom. The van der Waals surface area contributed by atoms with Gasteiger partial charge in [-0.2, -0.15) is 9.89 Å². The standard InChI is InChI=1S/C17H15N5O/c1-22-16(19-17(23)13-10-6-3-7-11-13)15(20-18)14(21-22)12-8-4-2-5-9-12/h2-11,16H,1H3,(H,19,23). The van der Waals surface area contributed by atoms with E-state index in [4.69, 9.17) is 0 Å². The molecule has 2 aromatic rings. The first-order valence-corrected chi connectivity index (χ1v) is 7.16. The number of amides is 1. The molecule has 0 bridgehead atoms. The summed E-state index contributed by atoms with van der Waals surface area (Å²) in [5.74, 6) is -0.256. The molecule has 1 unspecified atom stereocenters. The minimum atomic E-state index is -0.622. The number of hydrogen-bond donors (Lipinski definition) is 1. The van der Waals surface area contributed by atoms with E-state index in [1.54, 1.807) is 36.3 Å². The summed E-state index contributed by atoms with van der Waals surface area (Å²) >= 11 is 0. The maximum Gasteiger partial charge on any atom is 0.363 e. The fraction of sp³-hybridized carbons (Fsp3) is 0.118. The van der Waals surface area contributed by atoms with Crippen molar-refractivity contribution in [3.63, 3.8) is 0 Å². The fourth-order valence-corrected chi connectivity index (χ4v) is 2.44. The Labute approximate surface area is 133 Å². The van der Waals surface area contributed by atoms with E-state index in [1.807, 2.05) is 36.4 Å². The summed E-state index contributed by atoms with van der Waals surface area (Å²) in [5.41, 5.74) is 11.6. The zero-order valence-corrected chi connectivity index (χ0v) is 12.5. The monoisotopic (exact) mass is 305 g/mol. The molecule has 1 aliphatic heterocycles. The molecule has 6 nitrogen and oxygen atoms in total. The largest absolute Gasteiger partial charge is 0.363 e. The molecular weight excluding hydrogens is 290 g/mol. The van der Waals surface area contributed by atoms with E-state index < -0.39 is 6.17 Å². The highest BCUT2D eigenvalue weighted by Gasteiger charge is 2.40. The van der Waals surface area contributed by atoms with Gasteiger partial charge in [0.05, 0.1) is 0 Å². The lowest BCUT2D eigenvalue weighted by Crippen LogP contribution is -2.47. The van der Waals surface area contributed by atoms with E-state index in [0.717, 1.165) is 5.56 Å². The van der Waals surface area contributed by atoms with Crippen molar-refractivity contribution in [3.8, 4) is 0 Å². The third-order valence-electron chi connectivity index (χ3n) is 3.59. The number of benzene rings is 2. The predicted molar refractivity (Wildman–Crippen MR) is 87.1 cm³/mol. The van der Waals surface area contributed by atoms with Crippen LogP contribution in [0.4, 0.5) is 0 Å². The molecule has 0 saturated heterocycles. The van der Waals surface area contributed by atoms with Gasteiger partial charge in [0.15, 0.2) is 5.71 Å². The molecule has 0 spiro atoms. The van der Waals surface area contributed by atoms with Crippen LogP contribution >= 0.6 is 0 Å². The smallest absolute Gasteiger partial charge is 0.361 e. The van der Waals surface area contributed by atoms with Crippen LogP contribution in [-0.2, 0) is 0 Å². The van der Waals surface area contributed by atoms with Crippen molar-refractivity contribution in [1.82, 2.24) is 10.3 Å². The van der Waals surface area contributed by atoms with Gasteiger partial charge in [-0.25, -0.2) is 0 Å². The first-order chi connectivity index (χ1) is 11.2. The van der Waals surface area contributed by atoms with Gasteiger partial charge in [-0.15, -0.1) is 0 Å². The molecule has 1 aliphatic rings. The molecule has 0 saturated carbocycles. The van der Waals surface area contributed by atoms with Gasteiger partial charge in [-0.1, -0.05) is 48.5 Å². The molecule has 1 N–H and O–H groups in total. The van der Waals surface area contributed by atoms with Crippen molar-refractivity contribution in [1.29, 1.82) is 0 Å². The van der Waals surface area contributed by atoms with E-state index >= 15 is 0 Å². The lowest BCUT2D eigenvalue weighted by molar-refractivity contribution is -0.0105. The van der Waals surface area contributed by atoms with E-state index in [1.165, 1.54) is 0 Å². The number of nitrogens with zero attached hydrogens (tertiary/aromatic N) is 4. The van der Waals surface area contributed by atoms with Gasteiger partial charge < -0.3 is 10.8 Å². The zero-order valence-electron chi connectivity index (χ0n) is 12.5. The number of hydrogen-bond acceptors (Lipinski definition) is 3. The molecule has 0 aliphatic carbocycles. The van der Waals surface area contributed by atoms with E-state index in [2.05, 4.69) is 15.2 Å². The first kappa shape index (κ1) is 14.7. The molecule has 1 amide bonds. The summed E-state index contributed by atoms with van der Waals surface area (Å²) in [4.78, 5) is 15.7. The average molecular weight is 305 g/mol. The average Bonchev–Trinajstić information content (AvgIpc) is 2.92. The second-order valence-corrected chi connectivity index (χ2v) is 5.12. The third kappa shape index (κ3) is 2.88. The summed E-state index contributed by atoms with van der Waals surface area (Å²) in [6.07, 6.45) is -0.622. The molecule has 114 valence electrons. The van der Waals surface area contributed by atoms with Gasteiger partial charge in [-0.05, 0) is 12.1 Å². The molecular formula is C17H15N5O. The molecule has 0 fully saturated rings. The Hall–Kier alpha value is -3.24. The van der Waals surface area contributed by atoms with Gasteiger partial charge >= 0.3 is 5.71 Å². The Bertz CT molecular complexity index is 794. The molecule has 1 atom stereocenters. The normalized spacial score (nSPS) is 16.7. The Morgan fingerprint density at radius 2 is 1.74 bits per heavy atom. The van der Waals surface area contributed by atoms with E-state index in [9.17, 15) is 10.3 Å². The van der Waals surface area contributed by atoms with Crippen LogP contribution in [0.2, 0.25) is 0 Å². The van der Waals surface area contributed by atoms with Crippen LogP contribution in [0, 0.1) is 0 Å². The lowest BCUT2D eigenvalue weighted by Gasteiger charge is -2.16. The van der Waals surface area contributed by atoms with Crippen molar-refractivity contribution >= 4 is 17.3 Å². The van der Waals surface area contributed by atoms with Gasteiger partial charge in [-0.3, -0.25) is 9.80 Å². The number of hydrazone groups is 1. The number of carbonyl (C=O) groups excluding carboxylic acids is 1. The summed E-state index contributed by atoms with van der Waals surface area (Å²) in [6.45, 7) is 0. The highest BCUT2D eigenvalue weighted by Crippen LogP contribution is 2.14. The predicted octanol–water partition coefficient (Wildman–Crippen LogP) is 1.76. The minimum absolute atomic E-state index is 0.256. The first-order valence-electron chi connectivity index (χ1n) is 7.16. The fourth-order valence-electron chi connectivity index (χ4n) is 2.44. The molecule has 0 radical (unpaired) electrons. The van der Waals surface area contributed by atoms with Crippen LogP contribution in [0.5, 0.6) is 0 Å². The van der Waals surface area contributed by atoms with Crippen LogP contribution in [0.25, 0.3) is 5.53 Å². The van der Waals surface area contributed by atoms with Crippen molar-refractivity contribution in [2.24, 2.45) is 5.10 Å². The SMILES string of the molecule is CN1N=C(c2ccccc2)C(=[N+]=[N-])C1NC(=O)c1ccccc1. The van der Waals surface area contributed by atoms with Crippen LogP contribution in [-0.4, -0.2) is 40.3 Å². The van der Waals surface area contributed by atoms with Crippen LogP contribution < -0.4 is 5.32 Å².